The lowest BCUT2D eigenvalue weighted by molar-refractivity contribution is -0.167. The number of hydrogen-bond donors (Lipinski definition) is 0. The van der Waals surface area contributed by atoms with Crippen molar-refractivity contribution in [1.82, 2.24) is 0 Å². The summed E-state index contributed by atoms with van der Waals surface area (Å²) in [5.74, 6) is -0.945. The summed E-state index contributed by atoms with van der Waals surface area (Å²) in [5, 5.41) is 0. The Labute approximate surface area is 438 Å². The van der Waals surface area contributed by atoms with E-state index in [0.29, 0.717) is 19.3 Å². The van der Waals surface area contributed by atoms with Crippen LogP contribution in [-0.2, 0) is 28.6 Å². The van der Waals surface area contributed by atoms with Crippen molar-refractivity contribution in [2.75, 3.05) is 13.2 Å². The van der Waals surface area contributed by atoms with Crippen LogP contribution < -0.4 is 0 Å². The van der Waals surface area contributed by atoms with Gasteiger partial charge in [-0.05, 0) is 122 Å². The van der Waals surface area contributed by atoms with Gasteiger partial charge >= 0.3 is 17.9 Å². The van der Waals surface area contributed by atoms with E-state index in [2.05, 4.69) is 118 Å². The summed E-state index contributed by atoms with van der Waals surface area (Å²) >= 11 is 0. The van der Waals surface area contributed by atoms with E-state index in [4.69, 9.17) is 14.2 Å². The van der Waals surface area contributed by atoms with Crippen LogP contribution >= 0.6 is 0 Å². The highest BCUT2D eigenvalue weighted by atomic mass is 16.6. The van der Waals surface area contributed by atoms with Crippen molar-refractivity contribution in [2.24, 2.45) is 0 Å². The van der Waals surface area contributed by atoms with Crippen LogP contribution in [0.1, 0.15) is 278 Å². The van der Waals surface area contributed by atoms with Crippen molar-refractivity contribution in [3.8, 4) is 0 Å². The van der Waals surface area contributed by atoms with Gasteiger partial charge in [0.05, 0.1) is 0 Å². The summed E-state index contributed by atoms with van der Waals surface area (Å²) in [5.41, 5.74) is 0. The van der Waals surface area contributed by atoms with E-state index in [-0.39, 0.29) is 31.1 Å². The van der Waals surface area contributed by atoms with E-state index in [1.165, 1.54) is 116 Å². The fourth-order valence-corrected chi connectivity index (χ4v) is 8.08. The molecule has 0 spiro atoms. The Morgan fingerprint density at radius 2 is 0.549 bits per heavy atom. The molecule has 0 aliphatic rings. The minimum absolute atomic E-state index is 0.0989. The molecule has 0 fully saturated rings. The first kappa shape index (κ1) is 67.3. The van der Waals surface area contributed by atoms with Crippen LogP contribution in [-0.4, -0.2) is 37.2 Å². The van der Waals surface area contributed by atoms with E-state index in [1.54, 1.807) is 0 Å². The molecule has 6 nitrogen and oxygen atoms in total. The highest BCUT2D eigenvalue weighted by molar-refractivity contribution is 5.71. The molecule has 0 amide bonds. The molecule has 6 heteroatoms. The minimum atomic E-state index is -0.802. The highest BCUT2D eigenvalue weighted by Gasteiger charge is 2.19. The van der Waals surface area contributed by atoms with Crippen LogP contribution in [0.2, 0.25) is 0 Å². The van der Waals surface area contributed by atoms with E-state index in [0.717, 1.165) is 122 Å². The Hall–Kier alpha value is -3.67. The van der Waals surface area contributed by atoms with Crippen molar-refractivity contribution in [1.29, 1.82) is 0 Å². The van der Waals surface area contributed by atoms with Crippen LogP contribution in [0, 0.1) is 0 Å². The maximum absolute atomic E-state index is 12.9. The molecule has 0 aromatic heterocycles. The van der Waals surface area contributed by atoms with E-state index in [9.17, 15) is 14.4 Å². The van der Waals surface area contributed by atoms with Gasteiger partial charge in [-0.25, -0.2) is 0 Å². The number of carbonyl (C=O) groups excluding carboxylic acids is 3. The van der Waals surface area contributed by atoms with Gasteiger partial charge in [-0.2, -0.15) is 0 Å². The number of allylic oxidation sites excluding steroid dienone is 16. The summed E-state index contributed by atoms with van der Waals surface area (Å²) in [4.78, 5) is 38.2. The second-order valence-corrected chi connectivity index (χ2v) is 19.5. The topological polar surface area (TPSA) is 78.9 Å². The molecule has 71 heavy (non-hydrogen) atoms. The lowest BCUT2D eigenvalue weighted by Gasteiger charge is -2.18. The number of hydrogen-bond acceptors (Lipinski definition) is 6. The molecule has 0 aliphatic heterocycles. The van der Waals surface area contributed by atoms with Gasteiger partial charge in [0.1, 0.15) is 13.2 Å². The fraction of sp³-hybridized carbons (Fsp3) is 0.708. The molecule has 0 saturated heterocycles. The molecule has 0 radical (unpaired) electrons. The predicted octanol–water partition coefficient (Wildman–Crippen LogP) is 20.1. The third-order valence-electron chi connectivity index (χ3n) is 12.5. The van der Waals surface area contributed by atoms with Gasteiger partial charge in [0.25, 0.3) is 0 Å². The number of rotatable bonds is 53. The van der Waals surface area contributed by atoms with Gasteiger partial charge < -0.3 is 14.2 Å². The first-order valence-corrected chi connectivity index (χ1v) is 29.7. The summed E-state index contributed by atoms with van der Waals surface area (Å²) < 4.78 is 16.9. The van der Waals surface area contributed by atoms with Crippen LogP contribution in [0.4, 0.5) is 0 Å². The Morgan fingerprint density at radius 3 is 0.915 bits per heavy atom. The van der Waals surface area contributed by atoms with Gasteiger partial charge in [0, 0.05) is 19.3 Å². The van der Waals surface area contributed by atoms with Gasteiger partial charge in [-0.15, -0.1) is 0 Å². The van der Waals surface area contributed by atoms with Crippen LogP contribution in [0.3, 0.4) is 0 Å². The lowest BCUT2D eigenvalue weighted by Crippen LogP contribution is -2.30. The Bertz CT molecular complexity index is 1410. The van der Waals surface area contributed by atoms with Crippen molar-refractivity contribution >= 4 is 17.9 Å². The van der Waals surface area contributed by atoms with Crippen molar-refractivity contribution in [2.45, 2.75) is 284 Å². The molecule has 0 aromatic carbocycles. The van der Waals surface area contributed by atoms with Gasteiger partial charge in [-0.3, -0.25) is 14.4 Å². The summed E-state index contributed by atoms with van der Waals surface area (Å²) in [6.45, 7) is 6.47. The Balaban J connectivity index is 4.47. The maximum Gasteiger partial charge on any atom is 0.306 e. The Kier molecular flexibility index (Phi) is 55.9. The van der Waals surface area contributed by atoms with Crippen LogP contribution in [0.5, 0.6) is 0 Å². The Morgan fingerprint density at radius 1 is 0.296 bits per heavy atom. The van der Waals surface area contributed by atoms with Crippen molar-refractivity contribution in [3.63, 3.8) is 0 Å². The number of ether oxygens (including phenoxy) is 3. The number of carbonyl (C=O) groups is 3. The van der Waals surface area contributed by atoms with Gasteiger partial charge in [-0.1, -0.05) is 234 Å². The van der Waals surface area contributed by atoms with Crippen molar-refractivity contribution < 1.29 is 28.6 Å². The molecule has 0 aliphatic carbocycles. The largest absolute Gasteiger partial charge is 0.462 e. The SMILES string of the molecule is CC/C=C\C/C=C\C/C=C\CCCCCCCC(=O)OC[C@H](COC(=O)CCCCC/C=C\C/C=C\C/C=C\C/C=C\CCCCC)OC(=O)CCCCCCCCC/C=C\CCCCCCCCCC. The number of esters is 3. The molecule has 1 atom stereocenters. The molecule has 0 heterocycles. The first-order valence-electron chi connectivity index (χ1n) is 29.7. The zero-order chi connectivity index (χ0) is 51.4. The minimum Gasteiger partial charge on any atom is -0.462 e. The van der Waals surface area contributed by atoms with Gasteiger partial charge in [0.15, 0.2) is 6.10 Å². The molecule has 0 rings (SSSR count). The van der Waals surface area contributed by atoms with Gasteiger partial charge in [0.2, 0.25) is 0 Å². The normalized spacial score (nSPS) is 12.8. The second kappa shape index (κ2) is 58.9. The number of unbranched alkanes of at least 4 members (excludes halogenated alkanes) is 26. The van der Waals surface area contributed by atoms with Crippen LogP contribution in [0.25, 0.3) is 0 Å². The third kappa shape index (κ3) is 57.1. The molecule has 406 valence electrons. The monoisotopic (exact) mass is 987 g/mol. The standard InChI is InChI=1S/C65H110O6/c1-4-7-10-13-16-19-22-25-28-30-32-34-37-40-43-46-49-52-55-58-64(67)70-61-62(60-69-63(66)57-54-51-48-45-42-39-36-27-24-21-18-15-12-9-6-3)71-65(68)59-56-53-50-47-44-41-38-35-33-31-29-26-23-20-17-14-11-8-5-2/h9,12,16,18-19,21,25,27-28,31-34,36,40,43,62H,4-8,10-11,13-15,17,20,22-24,26,29-30,35,37-39,41-42,44-61H2,1-3H3/b12-9-,19-16-,21-18-,28-25-,33-31-,34-32-,36-27-,43-40-/t62-/m1/s1. The maximum atomic E-state index is 12.9. The smallest absolute Gasteiger partial charge is 0.306 e. The third-order valence-corrected chi connectivity index (χ3v) is 12.5. The molecular formula is C65H110O6. The second-order valence-electron chi connectivity index (χ2n) is 19.5. The molecule has 0 unspecified atom stereocenters. The highest BCUT2D eigenvalue weighted by Crippen LogP contribution is 2.15. The molecule has 0 bridgehead atoms. The lowest BCUT2D eigenvalue weighted by atomic mass is 10.1. The average molecular weight is 988 g/mol. The van der Waals surface area contributed by atoms with E-state index >= 15 is 0 Å². The summed E-state index contributed by atoms with van der Waals surface area (Å²) in [7, 11) is 0. The zero-order valence-electron chi connectivity index (χ0n) is 46.5. The van der Waals surface area contributed by atoms with Crippen LogP contribution in [0.15, 0.2) is 97.2 Å². The van der Waals surface area contributed by atoms with E-state index in [1.807, 2.05) is 0 Å². The van der Waals surface area contributed by atoms with Crippen molar-refractivity contribution in [3.05, 3.63) is 97.2 Å². The molecular weight excluding hydrogens is 877 g/mol. The quantitative estimate of drug-likeness (QED) is 0.0261. The van der Waals surface area contributed by atoms with E-state index < -0.39 is 6.10 Å². The first-order chi connectivity index (χ1) is 35.0. The zero-order valence-corrected chi connectivity index (χ0v) is 46.5. The summed E-state index contributed by atoms with van der Waals surface area (Å²) in [6.07, 6.45) is 78.2. The molecule has 0 aromatic rings. The molecule has 0 saturated carbocycles. The average Bonchev–Trinajstić information content (AvgIpc) is 3.37. The fourth-order valence-electron chi connectivity index (χ4n) is 8.08. The molecule has 0 N–H and O–H groups in total. The predicted molar refractivity (Wildman–Crippen MR) is 307 cm³/mol. The summed E-state index contributed by atoms with van der Waals surface area (Å²) in [6, 6.07) is 0.